The highest BCUT2D eigenvalue weighted by Crippen LogP contribution is 2.55. The average molecular weight is 961 g/mol. The van der Waals surface area contributed by atoms with Gasteiger partial charge in [0.25, 0.3) is 17.4 Å². The molecule has 4 aromatic rings. The molecule has 69 heavy (non-hydrogen) atoms. The van der Waals surface area contributed by atoms with Crippen molar-refractivity contribution in [3.05, 3.63) is 92.7 Å². The fourth-order valence-corrected chi connectivity index (χ4v) is 12.0. The summed E-state index contributed by atoms with van der Waals surface area (Å²) in [6.07, 6.45) is 5.50. The summed E-state index contributed by atoms with van der Waals surface area (Å²) in [5.74, 6) is 0.195. The van der Waals surface area contributed by atoms with E-state index in [4.69, 9.17) is 21.1 Å². The lowest BCUT2D eigenvalue weighted by Crippen LogP contribution is -2.74. The Morgan fingerprint density at radius 2 is 1.58 bits per heavy atom. The van der Waals surface area contributed by atoms with Crippen molar-refractivity contribution in [2.45, 2.75) is 109 Å². The van der Waals surface area contributed by atoms with E-state index in [1.54, 1.807) is 30.3 Å². The smallest absolute Gasteiger partial charge is 0.278 e. The molecule has 1 aromatic heterocycles. The molecule has 0 spiro atoms. The summed E-state index contributed by atoms with van der Waals surface area (Å²) >= 11 is 6.27. The minimum atomic E-state index is -0.881. The van der Waals surface area contributed by atoms with E-state index in [0.29, 0.717) is 71.5 Å². The molecule has 1 saturated carbocycles. The minimum Gasteiger partial charge on any atom is -0.489 e. The Morgan fingerprint density at radius 3 is 2.25 bits per heavy atom. The van der Waals surface area contributed by atoms with E-state index in [1.807, 2.05) is 23.1 Å². The number of hydrogen-bond acceptors (Lipinski definition) is 12. The number of rotatable bonds is 12. The Balaban J connectivity index is 0.669. The number of aromatic nitrogens is 3. The average Bonchev–Trinajstić information content (AvgIpc) is 3.35. The van der Waals surface area contributed by atoms with Crippen LogP contribution in [0.2, 0.25) is 5.02 Å². The van der Waals surface area contributed by atoms with Crippen molar-refractivity contribution in [3.8, 4) is 11.8 Å². The van der Waals surface area contributed by atoms with Gasteiger partial charge in [0.2, 0.25) is 11.8 Å². The molecule has 5 heterocycles. The number of nitriles is 1. The quantitative estimate of drug-likeness (QED) is 0.158. The summed E-state index contributed by atoms with van der Waals surface area (Å²) in [7, 11) is 0. The Morgan fingerprint density at radius 1 is 0.870 bits per heavy atom. The van der Waals surface area contributed by atoms with Crippen LogP contribution < -0.4 is 25.8 Å². The minimum absolute atomic E-state index is 0.0494. The number of ether oxygens (including phenoxy) is 2. The molecule has 4 saturated heterocycles. The highest BCUT2D eigenvalue weighted by atomic mass is 35.5. The van der Waals surface area contributed by atoms with Gasteiger partial charge in [0.1, 0.15) is 29.5 Å². The van der Waals surface area contributed by atoms with Crippen molar-refractivity contribution >= 4 is 51.8 Å². The molecule has 1 atom stereocenters. The van der Waals surface area contributed by atoms with Gasteiger partial charge in [0.15, 0.2) is 0 Å². The van der Waals surface area contributed by atoms with Crippen LogP contribution in [0.15, 0.2) is 65.5 Å². The molecular formula is C52H62ClN9O7. The maximum Gasteiger partial charge on any atom is 0.278 e. The van der Waals surface area contributed by atoms with Crippen molar-refractivity contribution in [1.29, 1.82) is 5.26 Å². The number of imide groups is 1. The first-order valence-electron chi connectivity index (χ1n) is 24.5. The number of benzene rings is 3. The molecule has 5 aliphatic rings. The van der Waals surface area contributed by atoms with Gasteiger partial charge in [0, 0.05) is 79.3 Å². The molecule has 2 N–H and O–H groups in total. The van der Waals surface area contributed by atoms with Crippen LogP contribution in [0.3, 0.4) is 0 Å². The number of likely N-dealkylation sites (tertiary alicyclic amines) is 2. The van der Waals surface area contributed by atoms with E-state index in [0.717, 1.165) is 68.5 Å². The van der Waals surface area contributed by atoms with Crippen LogP contribution in [-0.2, 0) is 19.1 Å². The van der Waals surface area contributed by atoms with E-state index in [2.05, 4.69) is 76.6 Å². The third-order valence-electron chi connectivity index (χ3n) is 15.6. The first-order valence-corrected chi connectivity index (χ1v) is 24.9. The summed E-state index contributed by atoms with van der Waals surface area (Å²) < 4.78 is 13.8. The molecular weight excluding hydrogens is 898 g/mol. The summed E-state index contributed by atoms with van der Waals surface area (Å²) in [5.41, 5.74) is 2.48. The van der Waals surface area contributed by atoms with Crippen LogP contribution in [-0.4, -0.2) is 119 Å². The monoisotopic (exact) mass is 959 g/mol. The Labute approximate surface area is 407 Å². The van der Waals surface area contributed by atoms with E-state index >= 15 is 0 Å². The predicted octanol–water partition coefficient (Wildman–Crippen LogP) is 6.01. The van der Waals surface area contributed by atoms with Gasteiger partial charge in [-0.2, -0.15) is 9.94 Å². The number of anilines is 1. The van der Waals surface area contributed by atoms with E-state index < -0.39 is 17.5 Å². The number of fused-ring (bicyclic) bond motifs is 1. The van der Waals surface area contributed by atoms with Gasteiger partial charge in [-0.15, -0.1) is 5.10 Å². The SMILES string of the molecule is CC1(C)C(NC(=O)c2ccc(C3CCN(CCOC4CCN(C(=O)C5CCN(c6ccc7nnn(C8CCC(=O)NC8=O)c(=O)c7c6)CC5)CC4)CC3)cc2)C(C)(C)C1Oc1ccc(C#N)c(Cl)c1. The molecule has 364 valence electrons. The van der Waals surface area contributed by atoms with E-state index in [-0.39, 0.29) is 65.6 Å². The Bertz CT molecular complexity index is 2680. The first kappa shape index (κ1) is 48.1. The van der Waals surface area contributed by atoms with Crippen LogP contribution in [0.1, 0.15) is 113 Å². The highest BCUT2D eigenvalue weighted by molar-refractivity contribution is 6.31. The molecule has 5 fully saturated rings. The fraction of sp³-hybridized carbons (Fsp3) is 0.538. The zero-order valence-electron chi connectivity index (χ0n) is 39.9. The first-order chi connectivity index (χ1) is 33.1. The Hall–Kier alpha value is -5.89. The Kier molecular flexibility index (Phi) is 13.8. The molecule has 9 rings (SSSR count). The second kappa shape index (κ2) is 19.8. The lowest BCUT2D eigenvalue weighted by Gasteiger charge is -2.63. The van der Waals surface area contributed by atoms with E-state index in [1.165, 1.54) is 5.56 Å². The second-order valence-electron chi connectivity index (χ2n) is 20.7. The van der Waals surface area contributed by atoms with Gasteiger partial charge in [-0.1, -0.05) is 56.6 Å². The number of carbonyl (C=O) groups is 4. The largest absolute Gasteiger partial charge is 0.489 e. The van der Waals surface area contributed by atoms with Crippen molar-refractivity contribution in [2.24, 2.45) is 16.7 Å². The number of amides is 4. The zero-order chi connectivity index (χ0) is 48.6. The van der Waals surface area contributed by atoms with Gasteiger partial charge in [-0.3, -0.25) is 29.3 Å². The van der Waals surface area contributed by atoms with Crippen LogP contribution in [0.25, 0.3) is 10.9 Å². The number of piperidine rings is 4. The molecule has 4 aliphatic heterocycles. The summed E-state index contributed by atoms with van der Waals surface area (Å²) in [5, 5.41) is 23.7. The predicted molar refractivity (Wildman–Crippen MR) is 260 cm³/mol. The van der Waals surface area contributed by atoms with Gasteiger partial charge in [0.05, 0.1) is 28.7 Å². The number of hydrogen-bond donors (Lipinski definition) is 2. The highest BCUT2D eigenvalue weighted by Gasteiger charge is 2.64. The maximum absolute atomic E-state index is 13.6. The number of carbonyl (C=O) groups excluding carboxylic acids is 4. The molecule has 0 radical (unpaired) electrons. The topological polar surface area (TPSA) is 192 Å². The van der Waals surface area contributed by atoms with Crippen LogP contribution >= 0.6 is 11.6 Å². The zero-order valence-corrected chi connectivity index (χ0v) is 40.7. The molecule has 16 nitrogen and oxygen atoms in total. The standard InChI is InChI=1S/C52H62ClN9O7/c1-51(2)49(52(3,4)50(51)69-39-11-9-36(31-54)41(53)30-39)56-45(64)34-7-5-32(6-8-34)33-15-21-59(22-16-33)27-28-68-38-19-25-61(26-20-38)47(66)35-17-23-60(24-18-35)37-10-12-42-40(29-37)48(67)62(58-57-42)43-13-14-44(63)55-46(43)65/h5-12,29-30,33,35,38,43,49-50H,13-28H2,1-4H3,(H,56,64)(H,55,63,65). The third kappa shape index (κ3) is 9.96. The van der Waals surface area contributed by atoms with Gasteiger partial charge >= 0.3 is 0 Å². The molecule has 0 bridgehead atoms. The van der Waals surface area contributed by atoms with E-state index in [9.17, 15) is 29.2 Å². The number of halogens is 1. The van der Waals surface area contributed by atoms with Crippen molar-refractivity contribution < 1.29 is 28.7 Å². The molecule has 3 aromatic carbocycles. The van der Waals surface area contributed by atoms with Gasteiger partial charge in [-0.05, 0) is 112 Å². The van der Waals surface area contributed by atoms with Crippen molar-refractivity contribution in [2.75, 3.05) is 57.3 Å². The van der Waals surface area contributed by atoms with Crippen LogP contribution in [0, 0.1) is 28.1 Å². The summed E-state index contributed by atoms with van der Waals surface area (Å²) in [4.78, 5) is 71.4. The fourth-order valence-electron chi connectivity index (χ4n) is 11.8. The van der Waals surface area contributed by atoms with Crippen LogP contribution in [0.4, 0.5) is 5.69 Å². The van der Waals surface area contributed by atoms with Crippen LogP contribution in [0.5, 0.6) is 5.75 Å². The number of nitrogens with one attached hydrogen (secondary N) is 2. The third-order valence-corrected chi connectivity index (χ3v) is 15.9. The summed E-state index contributed by atoms with van der Waals surface area (Å²) in [6.45, 7) is 14.7. The molecule has 4 amide bonds. The van der Waals surface area contributed by atoms with Crippen molar-refractivity contribution in [1.82, 2.24) is 35.4 Å². The molecule has 1 aliphatic carbocycles. The van der Waals surface area contributed by atoms with Gasteiger partial charge in [-0.25, -0.2) is 0 Å². The molecule has 1 unspecified atom stereocenters. The lowest BCUT2D eigenvalue weighted by atomic mass is 9.49. The van der Waals surface area contributed by atoms with Gasteiger partial charge < -0.3 is 29.5 Å². The second-order valence-corrected chi connectivity index (χ2v) is 21.1. The molecule has 17 heteroatoms. The number of nitrogens with zero attached hydrogens (tertiary/aromatic N) is 7. The lowest BCUT2D eigenvalue weighted by molar-refractivity contribution is -0.164. The maximum atomic E-state index is 13.6. The summed E-state index contributed by atoms with van der Waals surface area (Å²) in [6, 6.07) is 19.7. The normalized spacial score (nSPS) is 23.5. The van der Waals surface area contributed by atoms with Crippen molar-refractivity contribution in [3.63, 3.8) is 0 Å².